The minimum atomic E-state index is -1.11. The second-order valence-electron chi connectivity index (χ2n) is 7.23. The average molecular weight is 388 g/mol. The zero-order valence-electron chi connectivity index (χ0n) is 16.4. The van der Waals surface area contributed by atoms with E-state index in [1.807, 2.05) is 0 Å². The summed E-state index contributed by atoms with van der Waals surface area (Å²) in [6, 6.07) is -0.740. The van der Waals surface area contributed by atoms with Gasteiger partial charge in [0, 0.05) is 6.42 Å². The minimum absolute atomic E-state index is 0.155. The van der Waals surface area contributed by atoms with E-state index in [9.17, 15) is 19.2 Å². The number of rotatable bonds is 13. The third-order valence-corrected chi connectivity index (χ3v) is 3.29. The highest BCUT2D eigenvalue weighted by atomic mass is 16.6. The molecule has 0 rings (SSSR count). The number of carbonyl (C=O) groups is 4. The van der Waals surface area contributed by atoms with Crippen LogP contribution in [-0.2, 0) is 28.7 Å². The molecule has 0 fully saturated rings. The van der Waals surface area contributed by atoms with Crippen molar-refractivity contribution in [2.75, 3.05) is 13.2 Å². The fourth-order valence-electron chi connectivity index (χ4n) is 2.12. The summed E-state index contributed by atoms with van der Waals surface area (Å²) in [4.78, 5) is 46.1. The highest BCUT2D eigenvalue weighted by molar-refractivity contribution is 5.78. The summed E-state index contributed by atoms with van der Waals surface area (Å²) >= 11 is 0. The molecule has 0 aliphatic heterocycles. The smallest absolute Gasteiger partial charge is 0.308 e. The van der Waals surface area contributed by atoms with Crippen molar-refractivity contribution in [3.05, 3.63) is 0 Å². The Labute approximate surface area is 160 Å². The molecule has 1 atom stereocenters. The van der Waals surface area contributed by atoms with E-state index in [0.717, 1.165) is 12.8 Å². The summed E-state index contributed by atoms with van der Waals surface area (Å²) in [6.07, 6.45) is 1.82. The van der Waals surface area contributed by atoms with Crippen molar-refractivity contribution in [3.63, 3.8) is 0 Å². The van der Waals surface area contributed by atoms with Gasteiger partial charge >= 0.3 is 17.9 Å². The summed E-state index contributed by atoms with van der Waals surface area (Å²) in [6.45, 7) is 5.51. The van der Waals surface area contributed by atoms with Gasteiger partial charge in [-0.05, 0) is 40.2 Å². The maximum atomic E-state index is 12.0. The van der Waals surface area contributed by atoms with Crippen molar-refractivity contribution in [1.29, 1.82) is 0 Å². The van der Waals surface area contributed by atoms with Gasteiger partial charge < -0.3 is 25.6 Å². The topological polar surface area (TPSA) is 145 Å². The maximum absolute atomic E-state index is 12.0. The molecule has 0 aromatic heterocycles. The summed E-state index contributed by atoms with van der Waals surface area (Å²) in [5, 5.41) is 11.2. The van der Waals surface area contributed by atoms with Gasteiger partial charge in [-0.15, -0.1) is 0 Å². The molecule has 0 spiro atoms. The van der Waals surface area contributed by atoms with Crippen LogP contribution in [0.2, 0.25) is 0 Å². The third-order valence-electron chi connectivity index (χ3n) is 3.29. The highest BCUT2D eigenvalue weighted by Gasteiger charge is 2.23. The molecule has 1 amide bonds. The Balaban J connectivity index is 4.59. The van der Waals surface area contributed by atoms with E-state index < -0.39 is 29.6 Å². The first kappa shape index (κ1) is 24.8. The van der Waals surface area contributed by atoms with Gasteiger partial charge in [0.1, 0.15) is 12.2 Å². The van der Waals surface area contributed by atoms with Crippen LogP contribution < -0.4 is 11.1 Å². The van der Waals surface area contributed by atoms with Crippen LogP contribution in [0.4, 0.5) is 0 Å². The molecule has 4 N–H and O–H groups in total. The molecular weight excluding hydrogens is 356 g/mol. The van der Waals surface area contributed by atoms with Gasteiger partial charge in [-0.3, -0.25) is 19.2 Å². The lowest BCUT2D eigenvalue weighted by Crippen LogP contribution is -2.41. The molecule has 0 saturated heterocycles. The van der Waals surface area contributed by atoms with E-state index in [1.165, 1.54) is 0 Å². The number of aliphatic carboxylic acids is 1. The van der Waals surface area contributed by atoms with Gasteiger partial charge in [0.05, 0.1) is 25.3 Å². The largest absolute Gasteiger partial charge is 0.481 e. The highest BCUT2D eigenvalue weighted by Crippen LogP contribution is 2.10. The lowest BCUT2D eigenvalue weighted by molar-refractivity contribution is -0.157. The molecule has 0 aliphatic carbocycles. The Kier molecular flexibility index (Phi) is 12.0. The van der Waals surface area contributed by atoms with E-state index in [2.05, 4.69) is 5.32 Å². The number of amides is 1. The van der Waals surface area contributed by atoms with E-state index in [1.54, 1.807) is 20.8 Å². The Bertz CT molecular complexity index is 500. The van der Waals surface area contributed by atoms with Crippen molar-refractivity contribution in [3.8, 4) is 0 Å². The van der Waals surface area contributed by atoms with Crippen LogP contribution in [-0.4, -0.2) is 53.7 Å². The molecule has 27 heavy (non-hydrogen) atoms. The van der Waals surface area contributed by atoms with E-state index in [0.29, 0.717) is 13.0 Å². The number of carbonyl (C=O) groups excluding carboxylic acids is 3. The van der Waals surface area contributed by atoms with Crippen LogP contribution in [0.15, 0.2) is 0 Å². The van der Waals surface area contributed by atoms with Crippen LogP contribution >= 0.6 is 0 Å². The maximum Gasteiger partial charge on any atom is 0.308 e. The molecule has 0 radical (unpaired) electrons. The first-order valence-corrected chi connectivity index (χ1v) is 9.12. The number of nitrogens with one attached hydrogen (secondary N) is 1. The molecule has 0 saturated carbocycles. The summed E-state index contributed by atoms with van der Waals surface area (Å²) < 4.78 is 10.2. The number of unbranched alkanes of at least 4 members (excludes halogenated alkanes) is 2. The van der Waals surface area contributed by atoms with Crippen molar-refractivity contribution < 1.29 is 33.8 Å². The van der Waals surface area contributed by atoms with Crippen LogP contribution in [0.5, 0.6) is 0 Å². The number of carboxylic acids is 1. The quantitative estimate of drug-likeness (QED) is 0.314. The predicted octanol–water partition coefficient (Wildman–Crippen LogP) is 1.13. The van der Waals surface area contributed by atoms with Crippen LogP contribution in [0.25, 0.3) is 0 Å². The van der Waals surface area contributed by atoms with Crippen LogP contribution in [0.3, 0.4) is 0 Å². The Morgan fingerprint density at radius 3 is 2.22 bits per heavy atom. The number of nitrogens with two attached hydrogens (primary N) is 1. The van der Waals surface area contributed by atoms with Crippen molar-refractivity contribution >= 4 is 23.8 Å². The number of hydrogen-bond donors (Lipinski definition) is 3. The molecule has 156 valence electrons. The number of ether oxygens (including phenoxy) is 2. The van der Waals surface area contributed by atoms with E-state index in [4.69, 9.17) is 20.3 Å². The molecule has 9 heteroatoms. The molecule has 0 aliphatic rings. The Morgan fingerprint density at radius 1 is 1.00 bits per heavy atom. The zero-order valence-corrected chi connectivity index (χ0v) is 16.4. The lowest BCUT2D eigenvalue weighted by Gasteiger charge is -2.23. The normalized spacial score (nSPS) is 12.1. The van der Waals surface area contributed by atoms with Gasteiger partial charge in [0.2, 0.25) is 5.91 Å². The standard InChI is InChI=1S/C18H32N2O7/c1-18(2,3)27-17(25)11-13(12-26-16(24)9-8-15(22)23)20-14(21)7-5-4-6-10-19/h13H,4-12,19H2,1-3H3,(H,20,21)(H,22,23)/t13-/m1/s1. The van der Waals surface area contributed by atoms with Gasteiger partial charge in [0.15, 0.2) is 0 Å². The first-order valence-electron chi connectivity index (χ1n) is 9.12. The fraction of sp³-hybridized carbons (Fsp3) is 0.778. The van der Waals surface area contributed by atoms with Crippen molar-refractivity contribution in [2.45, 2.75) is 77.4 Å². The molecule has 0 heterocycles. The summed E-state index contributed by atoms with van der Waals surface area (Å²) in [5.74, 6) is -2.61. The molecule has 0 unspecified atom stereocenters. The lowest BCUT2D eigenvalue weighted by atomic mass is 10.1. The van der Waals surface area contributed by atoms with Gasteiger partial charge in [0.25, 0.3) is 0 Å². The monoisotopic (exact) mass is 388 g/mol. The second kappa shape index (κ2) is 13.1. The Hall–Kier alpha value is -2.16. The fourth-order valence-corrected chi connectivity index (χ4v) is 2.12. The predicted molar refractivity (Wildman–Crippen MR) is 97.7 cm³/mol. The van der Waals surface area contributed by atoms with Crippen LogP contribution in [0.1, 0.15) is 65.7 Å². The van der Waals surface area contributed by atoms with Crippen LogP contribution in [0, 0.1) is 0 Å². The van der Waals surface area contributed by atoms with Gasteiger partial charge in [-0.25, -0.2) is 0 Å². The molecule has 0 aromatic rings. The molecule has 0 bridgehead atoms. The summed E-state index contributed by atoms with van der Waals surface area (Å²) in [5.41, 5.74) is 4.73. The number of hydrogen-bond acceptors (Lipinski definition) is 7. The van der Waals surface area contributed by atoms with Crippen molar-refractivity contribution in [2.24, 2.45) is 5.73 Å². The molecular formula is C18H32N2O7. The van der Waals surface area contributed by atoms with Gasteiger partial charge in [-0.1, -0.05) is 6.42 Å². The van der Waals surface area contributed by atoms with E-state index >= 15 is 0 Å². The number of carboxylic acid groups (broad SMARTS) is 1. The minimum Gasteiger partial charge on any atom is -0.481 e. The average Bonchev–Trinajstić information content (AvgIpc) is 2.52. The van der Waals surface area contributed by atoms with E-state index in [-0.39, 0.29) is 38.2 Å². The molecule has 9 nitrogen and oxygen atoms in total. The Morgan fingerprint density at radius 2 is 1.67 bits per heavy atom. The first-order chi connectivity index (χ1) is 12.5. The van der Waals surface area contributed by atoms with Gasteiger partial charge in [-0.2, -0.15) is 0 Å². The number of esters is 2. The second-order valence-corrected chi connectivity index (χ2v) is 7.23. The molecule has 0 aromatic carbocycles. The summed E-state index contributed by atoms with van der Waals surface area (Å²) in [7, 11) is 0. The third kappa shape index (κ3) is 15.8. The SMILES string of the molecule is CC(C)(C)OC(=O)C[C@H](COC(=O)CCC(=O)O)NC(=O)CCCCCN. The van der Waals surface area contributed by atoms with Crippen molar-refractivity contribution in [1.82, 2.24) is 5.32 Å². The zero-order chi connectivity index (χ0) is 20.9.